The molecule has 0 aromatic heterocycles. The van der Waals surface area contributed by atoms with E-state index in [9.17, 15) is 0 Å². The topological polar surface area (TPSA) is 26.0 Å². The van der Waals surface area contributed by atoms with Gasteiger partial charge in [-0.25, -0.2) is 0 Å². The maximum Gasteiger partial charge on any atom is -0.00722 e. The minimum absolute atomic E-state index is 0.372. The monoisotopic (exact) mass is 233 g/mol. The molecule has 0 spiro atoms. The van der Waals surface area contributed by atoms with Crippen LogP contribution in [0.25, 0.3) is 0 Å². The van der Waals surface area contributed by atoms with E-state index in [2.05, 4.69) is 45.0 Å². The van der Waals surface area contributed by atoms with Gasteiger partial charge in [0.2, 0.25) is 0 Å². The van der Waals surface area contributed by atoms with Gasteiger partial charge in [-0.3, -0.25) is 0 Å². The summed E-state index contributed by atoms with van der Waals surface area (Å²) in [7, 11) is 0. The molecule has 0 heterocycles. The molecule has 0 saturated heterocycles. The van der Waals surface area contributed by atoms with Crippen LogP contribution in [-0.4, -0.2) is 6.54 Å². The van der Waals surface area contributed by atoms with E-state index in [1.807, 2.05) is 0 Å². The lowest BCUT2D eigenvalue weighted by molar-refractivity contribution is 0.313. The van der Waals surface area contributed by atoms with Crippen LogP contribution in [0.15, 0.2) is 24.3 Å². The number of aryl methyl sites for hydroxylation is 2. The zero-order valence-electron chi connectivity index (χ0n) is 11.6. The summed E-state index contributed by atoms with van der Waals surface area (Å²) in [5.41, 5.74) is 8.92. The fourth-order valence-electron chi connectivity index (χ4n) is 2.16. The fourth-order valence-corrected chi connectivity index (χ4v) is 2.16. The predicted molar refractivity (Wildman–Crippen MR) is 76.2 cm³/mol. The summed E-state index contributed by atoms with van der Waals surface area (Å²) in [6, 6.07) is 9.11. The third kappa shape index (κ3) is 5.36. The molecule has 17 heavy (non-hydrogen) atoms. The van der Waals surface area contributed by atoms with Crippen molar-refractivity contribution in [3.63, 3.8) is 0 Å². The Kier molecular flexibility index (Phi) is 5.70. The zero-order chi connectivity index (χ0) is 12.7. The van der Waals surface area contributed by atoms with Crippen LogP contribution in [0, 0.1) is 5.41 Å². The first-order valence-corrected chi connectivity index (χ1v) is 6.85. The number of benzene rings is 1. The molecule has 1 heteroatoms. The van der Waals surface area contributed by atoms with Crippen molar-refractivity contribution in [3.05, 3.63) is 35.4 Å². The Hall–Kier alpha value is -0.820. The van der Waals surface area contributed by atoms with Gasteiger partial charge in [-0.1, -0.05) is 51.5 Å². The standard InChI is InChI=1S/C16H27N/c1-4-5-14-6-8-15(9-7-14)10-11-16(2,3)12-13-17/h6-9H,4-5,10-13,17H2,1-3H3. The Balaban J connectivity index is 2.46. The Morgan fingerprint density at radius 2 is 1.47 bits per heavy atom. The second kappa shape index (κ2) is 6.80. The van der Waals surface area contributed by atoms with Crippen LogP contribution in [-0.2, 0) is 12.8 Å². The van der Waals surface area contributed by atoms with E-state index >= 15 is 0 Å². The Morgan fingerprint density at radius 1 is 0.941 bits per heavy atom. The summed E-state index contributed by atoms with van der Waals surface area (Å²) in [6.45, 7) is 7.64. The first-order valence-electron chi connectivity index (χ1n) is 6.85. The number of hydrogen-bond donors (Lipinski definition) is 1. The number of hydrogen-bond acceptors (Lipinski definition) is 1. The minimum atomic E-state index is 0.372. The molecule has 0 saturated carbocycles. The van der Waals surface area contributed by atoms with E-state index in [1.165, 1.54) is 36.8 Å². The third-order valence-corrected chi connectivity index (χ3v) is 3.47. The van der Waals surface area contributed by atoms with Crippen LogP contribution < -0.4 is 5.73 Å². The molecule has 1 aromatic rings. The molecule has 0 aliphatic heterocycles. The minimum Gasteiger partial charge on any atom is -0.330 e. The smallest absolute Gasteiger partial charge is 0.00722 e. The number of nitrogens with two attached hydrogens (primary N) is 1. The normalized spacial score (nSPS) is 11.8. The maximum atomic E-state index is 5.64. The van der Waals surface area contributed by atoms with Crippen LogP contribution in [0.5, 0.6) is 0 Å². The molecule has 0 bridgehead atoms. The van der Waals surface area contributed by atoms with Crippen molar-refractivity contribution in [1.29, 1.82) is 0 Å². The molecule has 1 rings (SSSR count). The van der Waals surface area contributed by atoms with Gasteiger partial charge in [0.05, 0.1) is 0 Å². The first-order chi connectivity index (χ1) is 8.07. The van der Waals surface area contributed by atoms with Crippen molar-refractivity contribution < 1.29 is 0 Å². The molecule has 0 atom stereocenters. The molecule has 0 fully saturated rings. The van der Waals surface area contributed by atoms with Crippen LogP contribution in [0.1, 0.15) is 51.2 Å². The van der Waals surface area contributed by atoms with Gasteiger partial charge >= 0.3 is 0 Å². The van der Waals surface area contributed by atoms with Crippen molar-refractivity contribution in [2.45, 2.75) is 52.9 Å². The van der Waals surface area contributed by atoms with E-state index < -0.39 is 0 Å². The molecule has 0 aliphatic carbocycles. The predicted octanol–water partition coefficient (Wildman–Crippen LogP) is 3.95. The summed E-state index contributed by atoms with van der Waals surface area (Å²) in [5.74, 6) is 0. The van der Waals surface area contributed by atoms with Gasteiger partial charge in [-0.15, -0.1) is 0 Å². The lowest BCUT2D eigenvalue weighted by Gasteiger charge is -2.23. The second-order valence-electron chi connectivity index (χ2n) is 5.77. The molecule has 0 radical (unpaired) electrons. The quantitative estimate of drug-likeness (QED) is 0.758. The summed E-state index contributed by atoms with van der Waals surface area (Å²) in [6.07, 6.45) is 5.92. The lowest BCUT2D eigenvalue weighted by atomic mass is 9.83. The van der Waals surface area contributed by atoms with Crippen LogP contribution in [0.2, 0.25) is 0 Å². The fraction of sp³-hybridized carbons (Fsp3) is 0.625. The van der Waals surface area contributed by atoms with E-state index in [1.54, 1.807) is 0 Å². The average molecular weight is 233 g/mol. The molecule has 1 nitrogen and oxygen atoms in total. The molecule has 0 aliphatic rings. The van der Waals surface area contributed by atoms with Gasteiger partial charge in [0.25, 0.3) is 0 Å². The SMILES string of the molecule is CCCc1ccc(CCC(C)(C)CCN)cc1. The van der Waals surface area contributed by atoms with Crippen LogP contribution in [0.3, 0.4) is 0 Å². The molecule has 0 unspecified atom stereocenters. The van der Waals surface area contributed by atoms with Gasteiger partial charge < -0.3 is 5.73 Å². The summed E-state index contributed by atoms with van der Waals surface area (Å²) >= 11 is 0. The van der Waals surface area contributed by atoms with E-state index in [-0.39, 0.29) is 0 Å². The highest BCUT2D eigenvalue weighted by molar-refractivity contribution is 5.22. The number of rotatable bonds is 7. The van der Waals surface area contributed by atoms with Gasteiger partial charge in [0.15, 0.2) is 0 Å². The summed E-state index contributed by atoms with van der Waals surface area (Å²) < 4.78 is 0. The van der Waals surface area contributed by atoms with Crippen molar-refractivity contribution >= 4 is 0 Å². The van der Waals surface area contributed by atoms with Crippen LogP contribution in [0.4, 0.5) is 0 Å². The van der Waals surface area contributed by atoms with Crippen LogP contribution >= 0.6 is 0 Å². The van der Waals surface area contributed by atoms with Gasteiger partial charge in [0.1, 0.15) is 0 Å². The largest absolute Gasteiger partial charge is 0.330 e. The van der Waals surface area contributed by atoms with Crippen molar-refractivity contribution in [2.75, 3.05) is 6.54 Å². The van der Waals surface area contributed by atoms with E-state index in [4.69, 9.17) is 5.73 Å². The molecular weight excluding hydrogens is 206 g/mol. The maximum absolute atomic E-state index is 5.64. The first kappa shape index (κ1) is 14.2. The molecule has 96 valence electrons. The second-order valence-corrected chi connectivity index (χ2v) is 5.77. The summed E-state index contributed by atoms with van der Waals surface area (Å²) in [5, 5.41) is 0. The van der Waals surface area contributed by atoms with Gasteiger partial charge in [-0.05, 0) is 48.8 Å². The molecule has 1 aromatic carbocycles. The third-order valence-electron chi connectivity index (χ3n) is 3.47. The highest BCUT2D eigenvalue weighted by Crippen LogP contribution is 2.26. The Labute approximate surface area is 106 Å². The molecule has 0 amide bonds. The highest BCUT2D eigenvalue weighted by Gasteiger charge is 2.16. The lowest BCUT2D eigenvalue weighted by Crippen LogP contribution is -2.17. The van der Waals surface area contributed by atoms with Crippen molar-refractivity contribution in [1.82, 2.24) is 0 Å². The highest BCUT2D eigenvalue weighted by atomic mass is 14.5. The van der Waals surface area contributed by atoms with Gasteiger partial charge in [0, 0.05) is 0 Å². The van der Waals surface area contributed by atoms with Crippen molar-refractivity contribution in [2.24, 2.45) is 11.1 Å². The Morgan fingerprint density at radius 3 is 1.94 bits per heavy atom. The van der Waals surface area contributed by atoms with Crippen molar-refractivity contribution in [3.8, 4) is 0 Å². The summed E-state index contributed by atoms with van der Waals surface area (Å²) in [4.78, 5) is 0. The average Bonchev–Trinajstić information content (AvgIpc) is 2.29. The van der Waals surface area contributed by atoms with E-state index in [0.29, 0.717) is 5.41 Å². The van der Waals surface area contributed by atoms with Gasteiger partial charge in [-0.2, -0.15) is 0 Å². The van der Waals surface area contributed by atoms with E-state index in [0.717, 1.165) is 13.0 Å². The zero-order valence-corrected chi connectivity index (χ0v) is 11.6. The molecule has 2 N–H and O–H groups in total. The Bertz CT molecular complexity index is 311. The molecular formula is C16H27N.